The lowest BCUT2D eigenvalue weighted by molar-refractivity contribution is 0.546. The molecule has 20 heavy (non-hydrogen) atoms. The Labute approximate surface area is 121 Å². The van der Waals surface area contributed by atoms with Gasteiger partial charge in [0.05, 0.1) is 0 Å². The highest BCUT2D eigenvalue weighted by atomic mass is 35.5. The van der Waals surface area contributed by atoms with Crippen molar-refractivity contribution in [2.45, 2.75) is 26.4 Å². The van der Waals surface area contributed by atoms with Crippen LogP contribution >= 0.6 is 11.6 Å². The van der Waals surface area contributed by atoms with E-state index in [1.54, 1.807) is 19.9 Å². The van der Waals surface area contributed by atoms with E-state index in [0.29, 0.717) is 17.4 Å². The van der Waals surface area contributed by atoms with Crippen molar-refractivity contribution in [1.29, 1.82) is 0 Å². The normalized spacial score (nSPS) is 10.8. The molecular weight excluding hydrogens is 278 g/mol. The zero-order valence-electron chi connectivity index (χ0n) is 11.3. The second-order valence-corrected chi connectivity index (χ2v) is 5.21. The van der Waals surface area contributed by atoms with Crippen LogP contribution in [-0.4, -0.2) is 9.55 Å². The van der Waals surface area contributed by atoms with Crippen LogP contribution in [0.4, 0.5) is 5.82 Å². The van der Waals surface area contributed by atoms with E-state index < -0.39 is 5.69 Å². The van der Waals surface area contributed by atoms with Gasteiger partial charge in [-0.05, 0) is 31.5 Å². The first-order valence-corrected chi connectivity index (χ1v) is 6.69. The van der Waals surface area contributed by atoms with Gasteiger partial charge in [-0.1, -0.05) is 23.7 Å². The SMILES string of the molecule is CC(C)n1c(=O)cc(NCc2cccc(Cl)c2)[nH]c1=O. The standard InChI is InChI=1S/C14H16ClN3O2/c1-9(2)18-13(19)7-12(17-14(18)20)16-8-10-4-3-5-11(15)6-10/h3-7,9,16H,8H2,1-2H3,(H,17,20). The minimum atomic E-state index is -0.416. The predicted molar refractivity (Wildman–Crippen MR) is 80.5 cm³/mol. The zero-order chi connectivity index (χ0) is 14.7. The van der Waals surface area contributed by atoms with Crippen molar-refractivity contribution in [2.75, 3.05) is 5.32 Å². The Balaban J connectivity index is 2.19. The molecule has 0 spiro atoms. The molecule has 106 valence electrons. The number of rotatable bonds is 4. The van der Waals surface area contributed by atoms with E-state index in [9.17, 15) is 9.59 Å². The molecule has 6 heteroatoms. The lowest BCUT2D eigenvalue weighted by Gasteiger charge is -2.10. The van der Waals surface area contributed by atoms with E-state index >= 15 is 0 Å². The van der Waals surface area contributed by atoms with Gasteiger partial charge in [-0.2, -0.15) is 0 Å². The van der Waals surface area contributed by atoms with Crippen LogP contribution in [0.2, 0.25) is 5.02 Å². The molecular formula is C14H16ClN3O2. The molecule has 2 rings (SSSR count). The first-order chi connectivity index (χ1) is 9.47. The number of H-pyrrole nitrogens is 1. The van der Waals surface area contributed by atoms with Gasteiger partial charge in [0.15, 0.2) is 0 Å². The van der Waals surface area contributed by atoms with Crippen LogP contribution in [0.5, 0.6) is 0 Å². The number of halogens is 1. The topological polar surface area (TPSA) is 66.9 Å². The highest BCUT2D eigenvalue weighted by Gasteiger charge is 2.07. The van der Waals surface area contributed by atoms with Crippen molar-refractivity contribution >= 4 is 17.4 Å². The van der Waals surface area contributed by atoms with Gasteiger partial charge in [-0.25, -0.2) is 4.79 Å². The maximum Gasteiger partial charge on any atom is 0.330 e. The number of hydrogen-bond acceptors (Lipinski definition) is 3. The van der Waals surface area contributed by atoms with Crippen LogP contribution < -0.4 is 16.6 Å². The molecule has 0 unspecified atom stereocenters. The van der Waals surface area contributed by atoms with Crippen molar-refractivity contribution in [3.63, 3.8) is 0 Å². The summed E-state index contributed by atoms with van der Waals surface area (Å²) in [5.74, 6) is 0.400. The largest absolute Gasteiger partial charge is 0.367 e. The third kappa shape index (κ3) is 3.30. The van der Waals surface area contributed by atoms with Gasteiger partial charge < -0.3 is 5.32 Å². The molecule has 0 bridgehead atoms. The fourth-order valence-electron chi connectivity index (χ4n) is 1.93. The van der Waals surface area contributed by atoms with Crippen molar-refractivity contribution in [3.05, 3.63) is 61.8 Å². The lowest BCUT2D eigenvalue weighted by atomic mass is 10.2. The number of hydrogen-bond donors (Lipinski definition) is 2. The fraction of sp³-hybridized carbons (Fsp3) is 0.286. The molecule has 0 aliphatic heterocycles. The molecule has 0 atom stereocenters. The molecule has 0 saturated heterocycles. The smallest absolute Gasteiger partial charge is 0.330 e. The Kier molecular flexibility index (Phi) is 4.29. The molecule has 5 nitrogen and oxygen atoms in total. The highest BCUT2D eigenvalue weighted by Crippen LogP contribution is 2.11. The Morgan fingerprint density at radius 1 is 1.30 bits per heavy atom. The Hall–Kier alpha value is -2.01. The maximum absolute atomic E-state index is 11.8. The average molecular weight is 294 g/mol. The number of aromatic nitrogens is 2. The first-order valence-electron chi connectivity index (χ1n) is 6.31. The Bertz CT molecular complexity index is 688. The molecule has 0 fully saturated rings. The summed E-state index contributed by atoms with van der Waals surface area (Å²) in [6.07, 6.45) is 0. The van der Waals surface area contributed by atoms with Gasteiger partial charge in [0, 0.05) is 23.7 Å². The Morgan fingerprint density at radius 2 is 2.05 bits per heavy atom. The number of benzene rings is 1. The summed E-state index contributed by atoms with van der Waals surface area (Å²) < 4.78 is 1.17. The summed E-state index contributed by atoms with van der Waals surface area (Å²) in [7, 11) is 0. The maximum atomic E-state index is 11.8. The predicted octanol–water partition coefficient (Wildman–Crippen LogP) is 2.38. The summed E-state index contributed by atoms with van der Waals surface area (Å²) in [5.41, 5.74) is 0.227. The van der Waals surface area contributed by atoms with Gasteiger partial charge in [0.2, 0.25) is 0 Å². The quantitative estimate of drug-likeness (QED) is 0.909. The second kappa shape index (κ2) is 5.96. The number of nitrogens with zero attached hydrogens (tertiary/aromatic N) is 1. The molecule has 2 N–H and O–H groups in total. The first kappa shape index (κ1) is 14.4. The molecule has 0 radical (unpaired) electrons. The zero-order valence-corrected chi connectivity index (χ0v) is 12.1. The van der Waals surface area contributed by atoms with Crippen LogP contribution in [0.25, 0.3) is 0 Å². The van der Waals surface area contributed by atoms with Crippen molar-refractivity contribution in [1.82, 2.24) is 9.55 Å². The van der Waals surface area contributed by atoms with Gasteiger partial charge in [0.25, 0.3) is 5.56 Å². The summed E-state index contributed by atoms with van der Waals surface area (Å²) in [4.78, 5) is 26.3. The van der Waals surface area contributed by atoms with Crippen LogP contribution in [-0.2, 0) is 6.54 Å². The van der Waals surface area contributed by atoms with Crippen LogP contribution in [0.3, 0.4) is 0 Å². The van der Waals surface area contributed by atoms with Crippen molar-refractivity contribution < 1.29 is 0 Å². The summed E-state index contributed by atoms with van der Waals surface area (Å²) >= 11 is 5.89. The van der Waals surface area contributed by atoms with E-state index in [0.717, 1.165) is 5.56 Å². The van der Waals surface area contributed by atoms with Gasteiger partial charge >= 0.3 is 5.69 Å². The van der Waals surface area contributed by atoms with E-state index in [1.807, 2.05) is 18.2 Å². The van der Waals surface area contributed by atoms with Crippen molar-refractivity contribution in [2.24, 2.45) is 0 Å². The molecule has 1 aromatic carbocycles. The monoisotopic (exact) mass is 293 g/mol. The van der Waals surface area contributed by atoms with Gasteiger partial charge in [-0.15, -0.1) is 0 Å². The minimum absolute atomic E-state index is 0.173. The van der Waals surface area contributed by atoms with Crippen LogP contribution in [0, 0.1) is 0 Å². The van der Waals surface area contributed by atoms with Gasteiger partial charge in [0.1, 0.15) is 5.82 Å². The minimum Gasteiger partial charge on any atom is -0.367 e. The third-order valence-electron chi connectivity index (χ3n) is 2.85. The molecule has 0 saturated carbocycles. The van der Waals surface area contributed by atoms with E-state index in [4.69, 9.17) is 11.6 Å². The summed E-state index contributed by atoms with van der Waals surface area (Å²) in [6, 6.07) is 8.57. The number of nitrogens with one attached hydrogen (secondary N) is 2. The Morgan fingerprint density at radius 3 is 2.65 bits per heavy atom. The molecule has 1 heterocycles. The number of aromatic amines is 1. The molecule has 0 aliphatic rings. The molecule has 0 amide bonds. The van der Waals surface area contributed by atoms with E-state index in [-0.39, 0.29) is 11.6 Å². The van der Waals surface area contributed by atoms with Gasteiger partial charge in [-0.3, -0.25) is 14.3 Å². The van der Waals surface area contributed by atoms with Crippen LogP contribution in [0.15, 0.2) is 39.9 Å². The van der Waals surface area contributed by atoms with E-state index in [2.05, 4.69) is 10.3 Å². The molecule has 0 aliphatic carbocycles. The highest BCUT2D eigenvalue weighted by molar-refractivity contribution is 6.30. The lowest BCUT2D eigenvalue weighted by Crippen LogP contribution is -2.36. The fourth-order valence-corrected chi connectivity index (χ4v) is 2.15. The summed E-state index contributed by atoms with van der Waals surface area (Å²) in [6.45, 7) is 4.05. The number of anilines is 1. The van der Waals surface area contributed by atoms with Crippen LogP contribution in [0.1, 0.15) is 25.5 Å². The molecule has 2 aromatic rings. The summed E-state index contributed by atoms with van der Waals surface area (Å²) in [5, 5.41) is 3.65. The second-order valence-electron chi connectivity index (χ2n) is 4.77. The third-order valence-corrected chi connectivity index (χ3v) is 3.09. The average Bonchev–Trinajstić information content (AvgIpc) is 2.35. The van der Waals surface area contributed by atoms with E-state index in [1.165, 1.54) is 10.6 Å². The molecule has 1 aromatic heterocycles. The van der Waals surface area contributed by atoms with Crippen molar-refractivity contribution in [3.8, 4) is 0 Å².